The van der Waals surface area contributed by atoms with Gasteiger partial charge in [0.15, 0.2) is 0 Å². The fraction of sp³-hybridized carbons (Fsp3) is 0.900. The number of nitrogens with one attached hydrogen (secondary N) is 1. The Morgan fingerprint density at radius 1 is 1.77 bits per heavy atom. The molecule has 2 nitrogen and oxygen atoms in total. The third kappa shape index (κ3) is 2.62. The normalized spacial score (nSPS) is 35.7. The molecule has 0 saturated carbocycles. The highest BCUT2D eigenvalue weighted by Gasteiger charge is 2.38. The Labute approximate surface area is 85.1 Å². The minimum atomic E-state index is -0.250. The lowest BCUT2D eigenvalue weighted by molar-refractivity contribution is 0.382. The van der Waals surface area contributed by atoms with Crippen molar-refractivity contribution in [2.45, 2.75) is 50.4 Å². The smallest absolute Gasteiger partial charge is 0.117 e. The minimum absolute atomic E-state index is 0.250. The van der Waals surface area contributed by atoms with E-state index in [1.54, 1.807) is 0 Å². The molecule has 74 valence electrons. The van der Waals surface area contributed by atoms with Crippen LogP contribution in [0.3, 0.4) is 0 Å². The van der Waals surface area contributed by atoms with Crippen LogP contribution in [0.1, 0.15) is 33.6 Å². The monoisotopic (exact) mass is 198 g/mol. The fourth-order valence-corrected chi connectivity index (χ4v) is 2.91. The van der Waals surface area contributed by atoms with Crippen LogP contribution < -0.4 is 5.32 Å². The molecule has 1 fully saturated rings. The maximum Gasteiger partial charge on any atom is 0.117 e. The maximum atomic E-state index is 9.15. The summed E-state index contributed by atoms with van der Waals surface area (Å²) in [7, 11) is 0. The Morgan fingerprint density at radius 2 is 2.46 bits per heavy atom. The van der Waals surface area contributed by atoms with Crippen LogP contribution in [0.5, 0.6) is 0 Å². The molecule has 3 unspecified atom stereocenters. The lowest BCUT2D eigenvalue weighted by atomic mass is 9.96. The SMILES string of the molecule is CCC(C)NC1(C#N)CSC(C)C1. The van der Waals surface area contributed by atoms with Crippen molar-refractivity contribution in [3.05, 3.63) is 0 Å². The van der Waals surface area contributed by atoms with Crippen LogP contribution in [0.4, 0.5) is 0 Å². The second-order valence-corrected chi connectivity index (χ2v) is 5.40. The topological polar surface area (TPSA) is 35.8 Å². The van der Waals surface area contributed by atoms with Crippen molar-refractivity contribution in [1.82, 2.24) is 5.32 Å². The van der Waals surface area contributed by atoms with Gasteiger partial charge in [0.1, 0.15) is 5.54 Å². The number of rotatable bonds is 3. The van der Waals surface area contributed by atoms with Gasteiger partial charge in [-0.25, -0.2) is 0 Å². The first-order valence-corrected chi connectivity index (χ1v) is 5.97. The molecule has 3 atom stereocenters. The molecule has 1 aliphatic heterocycles. The lowest BCUT2D eigenvalue weighted by Crippen LogP contribution is -2.48. The first-order valence-electron chi connectivity index (χ1n) is 4.92. The van der Waals surface area contributed by atoms with Crippen molar-refractivity contribution in [2.75, 3.05) is 5.75 Å². The second kappa shape index (κ2) is 4.34. The van der Waals surface area contributed by atoms with Gasteiger partial charge in [0.2, 0.25) is 0 Å². The Bertz CT molecular complexity index is 211. The first-order chi connectivity index (χ1) is 6.12. The van der Waals surface area contributed by atoms with E-state index in [2.05, 4.69) is 32.2 Å². The molecule has 0 aromatic heterocycles. The maximum absolute atomic E-state index is 9.15. The summed E-state index contributed by atoms with van der Waals surface area (Å²) < 4.78 is 0. The molecule has 0 aromatic carbocycles. The summed E-state index contributed by atoms with van der Waals surface area (Å²) in [6.07, 6.45) is 2.07. The summed E-state index contributed by atoms with van der Waals surface area (Å²) in [6.45, 7) is 6.49. The molecule has 1 aliphatic rings. The van der Waals surface area contributed by atoms with Crippen molar-refractivity contribution >= 4 is 11.8 Å². The quantitative estimate of drug-likeness (QED) is 0.755. The van der Waals surface area contributed by atoms with Gasteiger partial charge in [0.05, 0.1) is 6.07 Å². The van der Waals surface area contributed by atoms with Crippen LogP contribution in [0.15, 0.2) is 0 Å². The minimum Gasteiger partial charge on any atom is -0.296 e. The third-order valence-electron chi connectivity index (χ3n) is 2.60. The number of nitriles is 1. The molecule has 0 amide bonds. The predicted octanol–water partition coefficient (Wildman–Crippen LogP) is 2.16. The van der Waals surface area contributed by atoms with Crippen molar-refractivity contribution in [3.8, 4) is 6.07 Å². The highest BCUT2D eigenvalue weighted by atomic mass is 32.2. The Morgan fingerprint density at radius 3 is 2.85 bits per heavy atom. The van der Waals surface area contributed by atoms with Crippen molar-refractivity contribution in [2.24, 2.45) is 0 Å². The molecule has 1 heterocycles. The van der Waals surface area contributed by atoms with Crippen LogP contribution in [0.2, 0.25) is 0 Å². The van der Waals surface area contributed by atoms with E-state index in [9.17, 15) is 0 Å². The molecular weight excluding hydrogens is 180 g/mol. The van der Waals surface area contributed by atoms with Gasteiger partial charge in [0.25, 0.3) is 0 Å². The summed E-state index contributed by atoms with van der Waals surface area (Å²) in [6, 6.07) is 2.89. The van der Waals surface area contributed by atoms with Crippen LogP contribution in [0, 0.1) is 11.3 Å². The molecule has 0 radical (unpaired) electrons. The van der Waals surface area contributed by atoms with Gasteiger partial charge in [-0.2, -0.15) is 17.0 Å². The summed E-state index contributed by atoms with van der Waals surface area (Å²) in [5.41, 5.74) is -0.250. The standard InChI is InChI=1S/C10H18N2S/c1-4-8(2)12-10(6-11)5-9(3)13-7-10/h8-9,12H,4-5,7H2,1-3H3. The Balaban J connectivity index is 2.57. The van der Waals surface area contributed by atoms with Gasteiger partial charge in [0, 0.05) is 17.0 Å². The van der Waals surface area contributed by atoms with Crippen molar-refractivity contribution in [3.63, 3.8) is 0 Å². The van der Waals surface area contributed by atoms with Crippen LogP contribution >= 0.6 is 11.8 Å². The third-order valence-corrected chi connectivity index (χ3v) is 3.99. The molecule has 1 N–H and O–H groups in total. The van der Waals surface area contributed by atoms with Gasteiger partial charge in [-0.05, 0) is 19.8 Å². The molecular formula is C10H18N2S. The van der Waals surface area contributed by atoms with Gasteiger partial charge in [-0.15, -0.1) is 0 Å². The van der Waals surface area contributed by atoms with E-state index >= 15 is 0 Å². The second-order valence-electron chi connectivity index (χ2n) is 3.97. The van der Waals surface area contributed by atoms with E-state index in [4.69, 9.17) is 5.26 Å². The fourth-order valence-electron chi connectivity index (χ4n) is 1.68. The largest absolute Gasteiger partial charge is 0.296 e. The predicted molar refractivity (Wildman–Crippen MR) is 57.8 cm³/mol. The highest BCUT2D eigenvalue weighted by molar-refractivity contribution is 8.00. The molecule has 0 aromatic rings. The Kier molecular flexibility index (Phi) is 3.63. The van der Waals surface area contributed by atoms with Gasteiger partial charge in [-0.1, -0.05) is 13.8 Å². The van der Waals surface area contributed by atoms with Gasteiger partial charge in [-0.3, -0.25) is 5.32 Å². The molecule has 0 aliphatic carbocycles. The van der Waals surface area contributed by atoms with E-state index in [0.29, 0.717) is 11.3 Å². The van der Waals surface area contributed by atoms with Crippen LogP contribution in [0.25, 0.3) is 0 Å². The summed E-state index contributed by atoms with van der Waals surface area (Å²) >= 11 is 1.90. The molecule has 1 rings (SSSR count). The average Bonchev–Trinajstić information content (AvgIpc) is 2.48. The van der Waals surface area contributed by atoms with Crippen molar-refractivity contribution < 1.29 is 0 Å². The zero-order valence-corrected chi connectivity index (χ0v) is 9.45. The summed E-state index contributed by atoms with van der Waals surface area (Å²) in [4.78, 5) is 0. The first kappa shape index (κ1) is 10.9. The Hall–Kier alpha value is -0.200. The van der Waals surface area contributed by atoms with E-state index < -0.39 is 0 Å². The van der Waals surface area contributed by atoms with Crippen LogP contribution in [-0.2, 0) is 0 Å². The summed E-state index contributed by atoms with van der Waals surface area (Å²) in [5, 5.41) is 13.2. The van der Waals surface area contributed by atoms with E-state index in [-0.39, 0.29) is 5.54 Å². The molecule has 0 bridgehead atoms. The summed E-state index contributed by atoms with van der Waals surface area (Å²) in [5.74, 6) is 0.939. The van der Waals surface area contributed by atoms with Crippen LogP contribution in [-0.4, -0.2) is 22.6 Å². The molecule has 13 heavy (non-hydrogen) atoms. The van der Waals surface area contributed by atoms with E-state index in [0.717, 1.165) is 18.6 Å². The number of nitrogens with zero attached hydrogens (tertiary/aromatic N) is 1. The van der Waals surface area contributed by atoms with E-state index in [1.165, 1.54) is 0 Å². The molecule has 3 heteroatoms. The number of hydrogen-bond donors (Lipinski definition) is 1. The number of thioether (sulfide) groups is 1. The van der Waals surface area contributed by atoms with E-state index in [1.807, 2.05) is 11.8 Å². The highest BCUT2D eigenvalue weighted by Crippen LogP contribution is 2.34. The van der Waals surface area contributed by atoms with Gasteiger partial charge < -0.3 is 0 Å². The number of hydrogen-bond acceptors (Lipinski definition) is 3. The van der Waals surface area contributed by atoms with Crippen molar-refractivity contribution in [1.29, 1.82) is 5.26 Å². The molecule has 0 spiro atoms. The zero-order chi connectivity index (χ0) is 9.90. The zero-order valence-electron chi connectivity index (χ0n) is 8.63. The van der Waals surface area contributed by atoms with Gasteiger partial charge >= 0.3 is 0 Å². The molecule has 1 saturated heterocycles. The lowest BCUT2D eigenvalue weighted by Gasteiger charge is -2.25. The average molecular weight is 198 g/mol.